The highest BCUT2D eigenvalue weighted by Gasteiger charge is 2.32. The van der Waals surface area contributed by atoms with E-state index < -0.39 is 30.4 Å². The zero-order valence-electron chi connectivity index (χ0n) is 11.6. The van der Waals surface area contributed by atoms with Crippen LogP contribution in [0, 0.1) is 0 Å². The number of hydrogen-bond donors (Lipinski definition) is 0. The minimum absolute atomic E-state index is 0.00235. The number of hydrogen-bond acceptors (Lipinski definition) is 7. The summed E-state index contributed by atoms with van der Waals surface area (Å²) in [6.07, 6.45) is -0.926. The normalized spacial score (nSPS) is 15.1. The lowest BCUT2D eigenvalue weighted by atomic mass is 10.2. The molecule has 0 aromatic heterocycles. The van der Waals surface area contributed by atoms with Crippen LogP contribution in [0.1, 0.15) is 18.4 Å². The highest BCUT2D eigenvalue weighted by atomic mass is 16.7. The van der Waals surface area contributed by atoms with Gasteiger partial charge in [0, 0.05) is 19.4 Å². The second-order valence-corrected chi connectivity index (χ2v) is 4.40. The monoisotopic (exact) mass is 305 g/mol. The molecular formula is C14H13N2O6-. The van der Waals surface area contributed by atoms with Crippen LogP contribution in [0.4, 0.5) is 0 Å². The number of carbonyl (C=O) groups is 3. The molecule has 8 heteroatoms. The molecule has 0 saturated carbocycles. The van der Waals surface area contributed by atoms with E-state index in [0.717, 1.165) is 5.56 Å². The van der Waals surface area contributed by atoms with Gasteiger partial charge in [0.25, 0.3) is 11.8 Å². The maximum absolute atomic E-state index is 11.4. The van der Waals surface area contributed by atoms with Gasteiger partial charge in [0.2, 0.25) is 0 Å². The van der Waals surface area contributed by atoms with Crippen molar-refractivity contribution in [2.75, 3.05) is 6.54 Å². The number of amides is 2. The molecule has 8 nitrogen and oxygen atoms in total. The molecule has 1 aliphatic rings. The molecule has 0 aliphatic carbocycles. The summed E-state index contributed by atoms with van der Waals surface area (Å²) < 4.78 is 4.83. The van der Waals surface area contributed by atoms with Gasteiger partial charge in [-0.15, -0.1) is 5.06 Å². The lowest BCUT2D eigenvalue weighted by Crippen LogP contribution is -2.33. The number of ether oxygens (including phenoxy) is 1. The summed E-state index contributed by atoms with van der Waals surface area (Å²) >= 11 is 0. The average Bonchev–Trinajstić information content (AvgIpc) is 2.84. The minimum Gasteiger partial charge on any atom is -0.596 e. The van der Waals surface area contributed by atoms with Crippen LogP contribution in [-0.2, 0) is 30.6 Å². The first-order valence-electron chi connectivity index (χ1n) is 6.51. The quantitative estimate of drug-likeness (QED) is 0.413. The molecule has 0 spiro atoms. The van der Waals surface area contributed by atoms with Crippen molar-refractivity contribution in [3.05, 3.63) is 35.9 Å². The third-order valence-electron chi connectivity index (χ3n) is 2.74. The Bertz CT molecular complexity index is 583. The number of benzene rings is 1. The molecule has 1 aromatic carbocycles. The summed E-state index contributed by atoms with van der Waals surface area (Å²) in [5, 5.41) is 11.7. The smallest absolute Gasteiger partial charge is 0.354 e. The van der Waals surface area contributed by atoms with Crippen molar-refractivity contribution in [1.29, 1.82) is 0 Å². The van der Waals surface area contributed by atoms with E-state index in [2.05, 4.69) is 9.83 Å². The number of hydroxylamine groups is 2. The fourth-order valence-electron chi connectivity index (χ4n) is 1.68. The largest absolute Gasteiger partial charge is 0.596 e. The van der Waals surface area contributed by atoms with Crippen LogP contribution in [0.3, 0.4) is 0 Å². The van der Waals surface area contributed by atoms with Crippen LogP contribution in [-0.4, -0.2) is 35.5 Å². The Hall–Kier alpha value is -2.90. The lowest BCUT2D eigenvalue weighted by Gasteiger charge is -2.14. The maximum atomic E-state index is 11.4. The Labute approximate surface area is 125 Å². The van der Waals surface area contributed by atoms with Gasteiger partial charge in [0.05, 0.1) is 0 Å². The van der Waals surface area contributed by atoms with Crippen molar-refractivity contribution in [1.82, 2.24) is 5.06 Å². The van der Waals surface area contributed by atoms with Gasteiger partial charge in [0.15, 0.2) is 0 Å². The summed E-state index contributed by atoms with van der Waals surface area (Å²) in [6.45, 7) is -0.605. The first-order chi connectivity index (χ1) is 10.6. The van der Waals surface area contributed by atoms with E-state index in [9.17, 15) is 19.5 Å². The van der Waals surface area contributed by atoms with Crippen molar-refractivity contribution in [3.8, 4) is 0 Å². The van der Waals surface area contributed by atoms with E-state index in [4.69, 9.17) is 4.74 Å². The van der Waals surface area contributed by atoms with Crippen LogP contribution in [0.25, 0.3) is 0 Å². The first-order valence-corrected chi connectivity index (χ1v) is 6.51. The third kappa shape index (κ3) is 4.30. The second kappa shape index (κ2) is 7.21. The molecule has 1 fully saturated rings. The van der Waals surface area contributed by atoms with Gasteiger partial charge in [-0.2, -0.15) is 0 Å². The van der Waals surface area contributed by atoms with Crippen LogP contribution in [0.15, 0.2) is 35.3 Å². The molecule has 22 heavy (non-hydrogen) atoms. The number of nitrogens with zero attached hydrogens (tertiary/aromatic N) is 2. The van der Waals surface area contributed by atoms with Gasteiger partial charge in [-0.25, -0.2) is 4.79 Å². The standard InChI is InChI=1S/C14H14N2O6/c17-11-6-7-12(18)16(11)22-13(19)8-15-14(20)21-9-10-4-2-1-3-5-10/h1-5H,6-9H2,(H,15,20)/p-1. The van der Waals surface area contributed by atoms with E-state index in [-0.39, 0.29) is 19.4 Å². The minimum atomic E-state index is -0.986. The Morgan fingerprint density at radius 1 is 1.18 bits per heavy atom. The second-order valence-electron chi connectivity index (χ2n) is 4.40. The highest BCUT2D eigenvalue weighted by molar-refractivity contribution is 6.01. The molecule has 0 atom stereocenters. The molecule has 0 bridgehead atoms. The van der Waals surface area contributed by atoms with Gasteiger partial charge in [-0.3, -0.25) is 14.6 Å². The summed E-state index contributed by atoms with van der Waals surface area (Å²) in [7, 11) is 0. The van der Waals surface area contributed by atoms with Gasteiger partial charge >= 0.3 is 5.97 Å². The topological polar surface area (TPSA) is 108 Å². The summed E-state index contributed by atoms with van der Waals surface area (Å²) in [6, 6.07) is 8.95. The van der Waals surface area contributed by atoms with Crippen LogP contribution in [0.5, 0.6) is 0 Å². The Morgan fingerprint density at radius 3 is 2.45 bits per heavy atom. The van der Waals surface area contributed by atoms with Gasteiger partial charge in [-0.1, -0.05) is 30.3 Å². The van der Waals surface area contributed by atoms with E-state index in [1.165, 1.54) is 0 Å². The predicted molar refractivity (Wildman–Crippen MR) is 70.7 cm³/mol. The van der Waals surface area contributed by atoms with Crippen LogP contribution < -0.4 is 5.11 Å². The molecule has 1 aliphatic heterocycles. The van der Waals surface area contributed by atoms with Crippen molar-refractivity contribution in [2.24, 2.45) is 4.99 Å². The number of imide groups is 1. The Morgan fingerprint density at radius 2 is 1.82 bits per heavy atom. The van der Waals surface area contributed by atoms with Crippen LogP contribution >= 0.6 is 0 Å². The van der Waals surface area contributed by atoms with Gasteiger partial charge in [-0.05, 0) is 5.56 Å². The fraction of sp³-hybridized carbons (Fsp3) is 0.286. The van der Waals surface area contributed by atoms with Gasteiger partial charge < -0.3 is 14.7 Å². The van der Waals surface area contributed by atoms with Crippen molar-refractivity contribution < 1.29 is 29.1 Å². The predicted octanol–water partition coefficient (Wildman–Crippen LogP) is -0.473. The van der Waals surface area contributed by atoms with E-state index in [1.807, 2.05) is 6.07 Å². The summed E-state index contributed by atoms with van der Waals surface area (Å²) in [4.78, 5) is 41.7. The van der Waals surface area contributed by atoms with Crippen molar-refractivity contribution in [3.63, 3.8) is 0 Å². The van der Waals surface area contributed by atoms with Crippen molar-refractivity contribution in [2.45, 2.75) is 19.4 Å². The van der Waals surface area contributed by atoms with Crippen LogP contribution in [0.2, 0.25) is 0 Å². The zero-order chi connectivity index (χ0) is 15.9. The average molecular weight is 305 g/mol. The molecule has 2 rings (SSSR count). The molecule has 0 unspecified atom stereocenters. The Kier molecular flexibility index (Phi) is 5.07. The fourth-order valence-corrected chi connectivity index (χ4v) is 1.68. The summed E-state index contributed by atoms with van der Waals surface area (Å²) in [5.74, 6) is -2.17. The lowest BCUT2D eigenvalue weighted by molar-refractivity contribution is -0.252. The van der Waals surface area contributed by atoms with E-state index in [1.54, 1.807) is 24.3 Å². The molecule has 1 heterocycles. The third-order valence-corrected chi connectivity index (χ3v) is 2.74. The number of rotatable bonds is 5. The molecule has 0 radical (unpaired) electrons. The van der Waals surface area contributed by atoms with Gasteiger partial charge in [0.1, 0.15) is 12.6 Å². The molecule has 1 saturated heterocycles. The highest BCUT2D eigenvalue weighted by Crippen LogP contribution is 2.11. The molecule has 0 N–H and O–H groups in total. The number of carbonyl (C=O) groups excluding carboxylic acids is 3. The molecular weight excluding hydrogens is 292 g/mol. The molecule has 2 amide bonds. The zero-order valence-corrected chi connectivity index (χ0v) is 11.6. The maximum Gasteiger partial charge on any atom is 0.354 e. The number of aliphatic imine (C=N–C) groups is 1. The Balaban J connectivity index is 1.76. The van der Waals surface area contributed by atoms with E-state index in [0.29, 0.717) is 5.06 Å². The SMILES string of the molecule is O=C(CN=C([O-])OCc1ccccc1)ON1C(=O)CCC1=O. The molecule has 1 aromatic rings. The van der Waals surface area contributed by atoms with Crippen molar-refractivity contribution >= 4 is 23.9 Å². The molecule has 116 valence electrons. The van der Waals surface area contributed by atoms with E-state index >= 15 is 0 Å². The first kappa shape index (κ1) is 15.5. The summed E-state index contributed by atoms with van der Waals surface area (Å²) in [5.41, 5.74) is 0.780.